The summed E-state index contributed by atoms with van der Waals surface area (Å²) in [6, 6.07) is 4.35. The van der Waals surface area contributed by atoms with Gasteiger partial charge in [-0.2, -0.15) is 8.42 Å². The number of hydrogen-bond acceptors (Lipinski definition) is 4. The highest BCUT2D eigenvalue weighted by Gasteiger charge is 2.16. The lowest BCUT2D eigenvalue weighted by molar-refractivity contribution is -0.109. The van der Waals surface area contributed by atoms with E-state index in [0.29, 0.717) is 17.7 Å². The van der Waals surface area contributed by atoms with Crippen LogP contribution in [0, 0.1) is 0 Å². The second-order valence-corrected chi connectivity index (χ2v) is 5.03. The van der Waals surface area contributed by atoms with Crippen LogP contribution in [-0.4, -0.2) is 21.3 Å². The number of aldehydes is 1. The molecule has 17 heavy (non-hydrogen) atoms. The minimum Gasteiger partial charge on any atom is -1.00 e. The number of rotatable bonds is 5. The molecule has 0 aliphatic rings. The number of hydrogen-bond donors (Lipinski definition) is 0. The highest BCUT2D eigenvalue weighted by atomic mass is 35.5. The second kappa shape index (κ2) is 6.96. The zero-order chi connectivity index (χ0) is 12.2. The quantitative estimate of drug-likeness (QED) is 0.507. The van der Waals surface area contributed by atoms with Gasteiger partial charge in [-0.3, -0.25) is 4.18 Å². The van der Waals surface area contributed by atoms with Gasteiger partial charge in [-0.1, -0.05) is 24.6 Å². The molecule has 1 aromatic rings. The minimum absolute atomic E-state index is 0. The molecule has 0 saturated heterocycles. The van der Waals surface area contributed by atoms with Crippen molar-refractivity contribution in [2.24, 2.45) is 0 Å². The van der Waals surface area contributed by atoms with E-state index in [1.807, 2.05) is 6.92 Å². The summed E-state index contributed by atoms with van der Waals surface area (Å²) in [6.45, 7) is 1.42. The normalized spacial score (nSPS) is 10.7. The van der Waals surface area contributed by atoms with E-state index in [2.05, 4.69) is 4.18 Å². The van der Waals surface area contributed by atoms with E-state index in [1.54, 1.807) is 6.07 Å². The Kier molecular flexibility index (Phi) is 6.70. The van der Waals surface area contributed by atoms with E-state index in [0.717, 1.165) is 5.56 Å². The van der Waals surface area contributed by atoms with Crippen molar-refractivity contribution >= 4 is 28.0 Å². The Morgan fingerprint density at radius 1 is 1.41 bits per heavy atom. The molecule has 0 aliphatic heterocycles. The molecule has 7 heteroatoms. The standard InChI is InChI=1S/C10H11ClO4S.ClH/c1-2-8-3-4-9(7-10(8)11)16(13,14)15-6-5-12;/h3-5,7H,2,6H2,1H3;1H/p-1. The van der Waals surface area contributed by atoms with Gasteiger partial charge in [0.1, 0.15) is 12.9 Å². The summed E-state index contributed by atoms with van der Waals surface area (Å²) in [6.07, 6.45) is 1.09. The summed E-state index contributed by atoms with van der Waals surface area (Å²) in [5.74, 6) is 0. The Bertz CT molecular complexity index is 485. The van der Waals surface area contributed by atoms with Crippen molar-refractivity contribution in [3.8, 4) is 0 Å². The van der Waals surface area contributed by atoms with Crippen LogP contribution >= 0.6 is 11.6 Å². The molecular weight excluding hydrogens is 287 g/mol. The van der Waals surface area contributed by atoms with Crippen LogP contribution in [0.1, 0.15) is 12.5 Å². The summed E-state index contributed by atoms with van der Waals surface area (Å²) in [5, 5.41) is 0.373. The third-order valence-corrected chi connectivity index (χ3v) is 3.61. The third-order valence-electron chi connectivity index (χ3n) is 1.99. The zero-order valence-electron chi connectivity index (χ0n) is 9.02. The SMILES string of the molecule is CCc1ccc(S(=O)(=O)OCC=O)cc1Cl.[Cl-]. The molecule has 0 radical (unpaired) electrons. The highest BCUT2D eigenvalue weighted by Crippen LogP contribution is 2.22. The monoisotopic (exact) mass is 297 g/mol. The van der Waals surface area contributed by atoms with E-state index in [9.17, 15) is 13.2 Å². The van der Waals surface area contributed by atoms with Crippen LogP contribution in [-0.2, 0) is 25.5 Å². The Hall–Kier alpha value is -0.620. The maximum Gasteiger partial charge on any atom is 0.297 e. The van der Waals surface area contributed by atoms with Gasteiger partial charge in [0.2, 0.25) is 0 Å². The van der Waals surface area contributed by atoms with Crippen LogP contribution in [0.5, 0.6) is 0 Å². The molecule has 0 atom stereocenters. The highest BCUT2D eigenvalue weighted by molar-refractivity contribution is 7.86. The van der Waals surface area contributed by atoms with Gasteiger partial charge in [0, 0.05) is 5.02 Å². The summed E-state index contributed by atoms with van der Waals surface area (Å²) in [7, 11) is -3.89. The predicted molar refractivity (Wildman–Crippen MR) is 60.0 cm³/mol. The first-order valence-electron chi connectivity index (χ1n) is 4.62. The largest absolute Gasteiger partial charge is 1.00 e. The summed E-state index contributed by atoms with van der Waals surface area (Å²) in [4.78, 5) is 9.99. The van der Waals surface area contributed by atoms with Gasteiger partial charge < -0.3 is 17.2 Å². The number of aryl methyl sites for hydroxylation is 1. The predicted octanol–water partition coefficient (Wildman–Crippen LogP) is -1.19. The van der Waals surface area contributed by atoms with Gasteiger partial charge >= 0.3 is 0 Å². The summed E-state index contributed by atoms with van der Waals surface area (Å²) < 4.78 is 27.4. The van der Waals surface area contributed by atoms with Crippen molar-refractivity contribution in [1.29, 1.82) is 0 Å². The van der Waals surface area contributed by atoms with Crippen LogP contribution in [0.4, 0.5) is 0 Å². The molecule has 0 saturated carbocycles. The lowest BCUT2D eigenvalue weighted by atomic mass is 10.2. The number of carbonyl (C=O) groups excluding carboxylic acids is 1. The van der Waals surface area contributed by atoms with E-state index < -0.39 is 16.7 Å². The van der Waals surface area contributed by atoms with Crippen molar-refractivity contribution < 1.29 is 29.8 Å². The Morgan fingerprint density at radius 2 is 2.06 bits per heavy atom. The number of halogens is 2. The van der Waals surface area contributed by atoms with Gasteiger partial charge in [-0.15, -0.1) is 0 Å². The van der Waals surface area contributed by atoms with Crippen molar-refractivity contribution in [2.45, 2.75) is 18.2 Å². The first-order chi connectivity index (χ1) is 7.51. The molecule has 0 amide bonds. The van der Waals surface area contributed by atoms with Crippen molar-refractivity contribution in [3.05, 3.63) is 28.8 Å². The molecule has 96 valence electrons. The van der Waals surface area contributed by atoms with Crippen molar-refractivity contribution in [3.63, 3.8) is 0 Å². The molecule has 0 unspecified atom stereocenters. The van der Waals surface area contributed by atoms with Gasteiger partial charge in [0.05, 0.1) is 4.90 Å². The van der Waals surface area contributed by atoms with Crippen LogP contribution < -0.4 is 12.4 Å². The van der Waals surface area contributed by atoms with Crippen molar-refractivity contribution in [1.82, 2.24) is 0 Å². The van der Waals surface area contributed by atoms with Gasteiger partial charge in [0.15, 0.2) is 0 Å². The maximum atomic E-state index is 11.5. The summed E-state index contributed by atoms with van der Waals surface area (Å²) in [5.41, 5.74) is 0.857. The van der Waals surface area contributed by atoms with Crippen LogP contribution in [0.25, 0.3) is 0 Å². The van der Waals surface area contributed by atoms with Crippen molar-refractivity contribution in [2.75, 3.05) is 6.61 Å². The van der Waals surface area contributed by atoms with Gasteiger partial charge in [-0.25, -0.2) is 0 Å². The average molecular weight is 298 g/mol. The lowest BCUT2D eigenvalue weighted by Crippen LogP contribution is -3.00. The first-order valence-corrected chi connectivity index (χ1v) is 6.41. The molecule has 0 spiro atoms. The van der Waals surface area contributed by atoms with E-state index in [1.165, 1.54) is 12.1 Å². The molecular formula is C10H11Cl2O4S-. The third kappa shape index (κ3) is 4.27. The van der Waals surface area contributed by atoms with E-state index in [4.69, 9.17) is 11.6 Å². The Morgan fingerprint density at radius 3 is 2.53 bits per heavy atom. The molecule has 1 aromatic carbocycles. The Labute approximate surface area is 111 Å². The molecule has 0 aliphatic carbocycles. The van der Waals surface area contributed by atoms with Gasteiger partial charge in [0.25, 0.3) is 10.1 Å². The lowest BCUT2D eigenvalue weighted by Gasteiger charge is -2.05. The number of benzene rings is 1. The molecule has 4 nitrogen and oxygen atoms in total. The van der Waals surface area contributed by atoms with Crippen LogP contribution in [0.2, 0.25) is 5.02 Å². The summed E-state index contributed by atoms with van der Waals surface area (Å²) >= 11 is 5.88. The van der Waals surface area contributed by atoms with Gasteiger partial charge in [-0.05, 0) is 24.1 Å². The van der Waals surface area contributed by atoms with Crippen LogP contribution in [0.3, 0.4) is 0 Å². The maximum absolute atomic E-state index is 11.5. The minimum atomic E-state index is -3.89. The fourth-order valence-electron chi connectivity index (χ4n) is 1.16. The second-order valence-electron chi connectivity index (χ2n) is 3.01. The molecule has 0 fully saturated rings. The molecule has 0 aromatic heterocycles. The Balaban J connectivity index is 0.00000256. The molecule has 0 bridgehead atoms. The molecule has 0 N–H and O–H groups in total. The van der Waals surface area contributed by atoms with E-state index in [-0.39, 0.29) is 17.3 Å². The molecule has 0 heterocycles. The fourth-order valence-corrected chi connectivity index (χ4v) is 2.40. The average Bonchev–Trinajstić information content (AvgIpc) is 2.26. The smallest absolute Gasteiger partial charge is 0.297 e. The zero-order valence-corrected chi connectivity index (χ0v) is 11.3. The van der Waals surface area contributed by atoms with Crippen LogP contribution in [0.15, 0.2) is 23.1 Å². The first kappa shape index (κ1) is 16.4. The van der Waals surface area contributed by atoms with E-state index >= 15 is 0 Å². The molecule has 1 rings (SSSR count). The fraction of sp³-hybridized carbons (Fsp3) is 0.300. The number of carbonyl (C=O) groups is 1. The topological polar surface area (TPSA) is 60.4 Å².